The fourth-order valence-electron chi connectivity index (χ4n) is 3.12. The topological polar surface area (TPSA) is 43.8 Å². The first-order chi connectivity index (χ1) is 9.56. The smallest absolute Gasteiger partial charge is 0.223 e. The summed E-state index contributed by atoms with van der Waals surface area (Å²) in [7, 11) is 0. The lowest BCUT2D eigenvalue weighted by Gasteiger charge is -2.39. The minimum Gasteiger partial charge on any atom is -0.389 e. The standard InChI is InChI=1S/C15H19FN2O2/c1-10(19)11-2-4-14(13(16)8-11)17-6-7-18-12(9-17)3-5-15(18)20/h2,4,8,10,12,19H,3,5-7,9H2,1H3. The maximum atomic E-state index is 14.2. The molecule has 2 fully saturated rings. The summed E-state index contributed by atoms with van der Waals surface area (Å²) in [4.78, 5) is 15.6. The molecule has 2 aliphatic heterocycles. The van der Waals surface area contributed by atoms with Crippen LogP contribution in [0.15, 0.2) is 18.2 Å². The van der Waals surface area contributed by atoms with Gasteiger partial charge in [0.25, 0.3) is 0 Å². The Bertz CT molecular complexity index is 533. The molecule has 2 atom stereocenters. The number of aliphatic hydroxyl groups excluding tert-OH is 1. The Morgan fingerprint density at radius 3 is 2.90 bits per heavy atom. The zero-order valence-corrected chi connectivity index (χ0v) is 11.6. The summed E-state index contributed by atoms with van der Waals surface area (Å²) in [5.74, 6) is -0.0826. The molecule has 0 aromatic heterocycles. The summed E-state index contributed by atoms with van der Waals surface area (Å²) in [5.41, 5.74) is 1.15. The van der Waals surface area contributed by atoms with Crippen LogP contribution in [0.2, 0.25) is 0 Å². The molecule has 1 aromatic rings. The SMILES string of the molecule is CC(O)c1ccc(N2CCN3C(=O)CCC3C2)c(F)c1. The summed E-state index contributed by atoms with van der Waals surface area (Å²) in [6.45, 7) is 3.64. The van der Waals surface area contributed by atoms with Gasteiger partial charge in [-0.1, -0.05) is 6.07 Å². The number of halogens is 1. The van der Waals surface area contributed by atoms with Crippen LogP contribution < -0.4 is 4.90 Å². The van der Waals surface area contributed by atoms with E-state index in [0.717, 1.165) is 6.42 Å². The number of carbonyl (C=O) groups excluding carboxylic acids is 1. The number of hydrogen-bond acceptors (Lipinski definition) is 3. The van der Waals surface area contributed by atoms with Gasteiger partial charge in [0.05, 0.1) is 11.8 Å². The number of hydrogen-bond donors (Lipinski definition) is 1. The van der Waals surface area contributed by atoms with Crippen molar-refractivity contribution in [1.82, 2.24) is 4.90 Å². The monoisotopic (exact) mass is 278 g/mol. The number of anilines is 1. The Morgan fingerprint density at radius 1 is 1.40 bits per heavy atom. The van der Waals surface area contributed by atoms with Crippen LogP contribution in [0.5, 0.6) is 0 Å². The summed E-state index contributed by atoms with van der Waals surface area (Å²) >= 11 is 0. The van der Waals surface area contributed by atoms with Crippen molar-refractivity contribution in [2.24, 2.45) is 0 Å². The van der Waals surface area contributed by atoms with E-state index < -0.39 is 6.10 Å². The third kappa shape index (κ3) is 2.26. The van der Waals surface area contributed by atoms with Crippen LogP contribution in [0, 0.1) is 5.82 Å². The second-order valence-electron chi connectivity index (χ2n) is 5.61. The van der Waals surface area contributed by atoms with Crippen LogP contribution in [0.4, 0.5) is 10.1 Å². The van der Waals surface area contributed by atoms with Crippen molar-refractivity contribution in [2.45, 2.75) is 31.9 Å². The summed E-state index contributed by atoms with van der Waals surface area (Å²) in [6, 6.07) is 5.10. The molecule has 0 spiro atoms. The highest BCUT2D eigenvalue weighted by Gasteiger charge is 2.36. The Labute approximate surface area is 117 Å². The van der Waals surface area contributed by atoms with Gasteiger partial charge in [0.1, 0.15) is 5.82 Å². The number of benzene rings is 1. The Hall–Kier alpha value is -1.62. The van der Waals surface area contributed by atoms with E-state index in [-0.39, 0.29) is 17.8 Å². The van der Waals surface area contributed by atoms with Crippen LogP contribution in [0.25, 0.3) is 0 Å². The summed E-state index contributed by atoms with van der Waals surface area (Å²) < 4.78 is 14.2. The number of aliphatic hydroxyl groups is 1. The van der Waals surface area contributed by atoms with Gasteiger partial charge < -0.3 is 14.9 Å². The number of nitrogens with zero attached hydrogens (tertiary/aromatic N) is 2. The number of piperazine rings is 1. The van der Waals surface area contributed by atoms with Crippen LogP contribution in [0.1, 0.15) is 31.4 Å². The minimum absolute atomic E-state index is 0.215. The van der Waals surface area contributed by atoms with E-state index in [0.29, 0.717) is 37.3 Å². The van der Waals surface area contributed by atoms with Crippen molar-refractivity contribution in [2.75, 3.05) is 24.5 Å². The summed E-state index contributed by atoms with van der Waals surface area (Å²) in [5, 5.41) is 9.48. The molecule has 5 heteroatoms. The number of rotatable bonds is 2. The normalized spacial score (nSPS) is 23.9. The van der Waals surface area contributed by atoms with Crippen LogP contribution in [-0.4, -0.2) is 41.6 Å². The first kappa shape index (κ1) is 13.4. The molecule has 2 aliphatic rings. The van der Waals surface area contributed by atoms with Gasteiger partial charge in [-0.3, -0.25) is 4.79 Å². The van der Waals surface area contributed by atoms with E-state index in [1.54, 1.807) is 19.1 Å². The van der Waals surface area contributed by atoms with E-state index in [1.807, 2.05) is 9.80 Å². The van der Waals surface area contributed by atoms with Gasteiger partial charge in [-0.15, -0.1) is 0 Å². The zero-order chi connectivity index (χ0) is 14.3. The molecular weight excluding hydrogens is 259 g/mol. The Kier molecular flexibility index (Phi) is 3.38. The number of carbonyl (C=O) groups is 1. The van der Waals surface area contributed by atoms with Crippen molar-refractivity contribution in [3.63, 3.8) is 0 Å². The number of amides is 1. The van der Waals surface area contributed by atoms with Crippen molar-refractivity contribution < 1.29 is 14.3 Å². The second-order valence-corrected chi connectivity index (χ2v) is 5.61. The molecule has 1 aromatic carbocycles. The van der Waals surface area contributed by atoms with Gasteiger partial charge in [-0.25, -0.2) is 4.39 Å². The molecule has 0 saturated carbocycles. The van der Waals surface area contributed by atoms with Gasteiger partial charge in [0, 0.05) is 32.1 Å². The molecule has 1 N–H and O–H groups in total. The third-order valence-corrected chi connectivity index (χ3v) is 4.29. The quantitative estimate of drug-likeness (QED) is 0.895. The maximum absolute atomic E-state index is 14.2. The van der Waals surface area contributed by atoms with Crippen molar-refractivity contribution in [3.8, 4) is 0 Å². The van der Waals surface area contributed by atoms with E-state index in [1.165, 1.54) is 6.07 Å². The average Bonchev–Trinajstić information content (AvgIpc) is 2.79. The number of fused-ring (bicyclic) bond motifs is 1. The molecular formula is C15H19FN2O2. The van der Waals surface area contributed by atoms with Crippen molar-refractivity contribution in [3.05, 3.63) is 29.6 Å². The first-order valence-electron chi connectivity index (χ1n) is 7.08. The minimum atomic E-state index is -0.664. The Balaban J connectivity index is 1.79. The van der Waals surface area contributed by atoms with Gasteiger partial charge in [-0.05, 0) is 31.0 Å². The highest BCUT2D eigenvalue weighted by Crippen LogP contribution is 2.29. The fraction of sp³-hybridized carbons (Fsp3) is 0.533. The molecule has 2 saturated heterocycles. The van der Waals surface area contributed by atoms with Crippen LogP contribution in [0.3, 0.4) is 0 Å². The third-order valence-electron chi connectivity index (χ3n) is 4.29. The highest BCUT2D eigenvalue weighted by molar-refractivity contribution is 5.79. The average molecular weight is 278 g/mol. The molecule has 4 nitrogen and oxygen atoms in total. The molecule has 1 amide bonds. The van der Waals surface area contributed by atoms with E-state index in [4.69, 9.17) is 0 Å². The van der Waals surface area contributed by atoms with Gasteiger partial charge in [0.2, 0.25) is 5.91 Å². The molecule has 0 aliphatic carbocycles. The van der Waals surface area contributed by atoms with Crippen molar-refractivity contribution in [1.29, 1.82) is 0 Å². The van der Waals surface area contributed by atoms with E-state index in [2.05, 4.69) is 0 Å². The van der Waals surface area contributed by atoms with Crippen molar-refractivity contribution >= 4 is 11.6 Å². The predicted octanol–water partition coefficient (Wildman–Crippen LogP) is 1.69. The second kappa shape index (κ2) is 5.05. The predicted molar refractivity (Wildman–Crippen MR) is 74.0 cm³/mol. The molecule has 0 bridgehead atoms. The summed E-state index contributed by atoms with van der Waals surface area (Å²) in [6.07, 6.45) is 0.813. The maximum Gasteiger partial charge on any atom is 0.223 e. The van der Waals surface area contributed by atoms with E-state index >= 15 is 0 Å². The van der Waals surface area contributed by atoms with Crippen LogP contribution >= 0.6 is 0 Å². The molecule has 2 heterocycles. The molecule has 0 radical (unpaired) electrons. The highest BCUT2D eigenvalue weighted by atomic mass is 19.1. The Morgan fingerprint density at radius 2 is 2.20 bits per heavy atom. The molecule has 108 valence electrons. The largest absolute Gasteiger partial charge is 0.389 e. The van der Waals surface area contributed by atoms with E-state index in [9.17, 15) is 14.3 Å². The molecule has 3 rings (SSSR count). The lowest BCUT2D eigenvalue weighted by molar-refractivity contribution is -0.129. The zero-order valence-electron chi connectivity index (χ0n) is 11.6. The fourth-order valence-corrected chi connectivity index (χ4v) is 3.12. The molecule has 20 heavy (non-hydrogen) atoms. The lowest BCUT2D eigenvalue weighted by Crippen LogP contribution is -2.51. The van der Waals surface area contributed by atoms with Gasteiger partial charge in [-0.2, -0.15) is 0 Å². The first-order valence-corrected chi connectivity index (χ1v) is 7.08. The lowest BCUT2D eigenvalue weighted by atomic mass is 10.1. The molecule has 2 unspecified atom stereocenters. The van der Waals surface area contributed by atoms with Gasteiger partial charge in [0.15, 0.2) is 0 Å². The van der Waals surface area contributed by atoms with Crippen LogP contribution in [-0.2, 0) is 4.79 Å². The van der Waals surface area contributed by atoms with Gasteiger partial charge >= 0.3 is 0 Å².